The van der Waals surface area contributed by atoms with Crippen molar-refractivity contribution in [2.45, 2.75) is 6.54 Å². The van der Waals surface area contributed by atoms with E-state index in [-0.39, 0.29) is 0 Å². The van der Waals surface area contributed by atoms with Gasteiger partial charge < -0.3 is 10.0 Å². The molecule has 0 aliphatic carbocycles. The van der Waals surface area contributed by atoms with E-state index in [0.717, 1.165) is 15.1 Å². The Bertz CT molecular complexity index is 659. The van der Waals surface area contributed by atoms with Gasteiger partial charge in [0, 0.05) is 6.54 Å². The van der Waals surface area contributed by atoms with E-state index in [1.54, 1.807) is 12.1 Å². The first-order valence-electron chi connectivity index (χ1n) is 7.93. The van der Waals surface area contributed by atoms with Gasteiger partial charge in [-0.25, -0.2) is 0 Å². The first kappa shape index (κ1) is 18.2. The fourth-order valence-electron chi connectivity index (χ4n) is 2.18. The van der Waals surface area contributed by atoms with Gasteiger partial charge in [-0.3, -0.25) is 0 Å². The highest BCUT2D eigenvalue weighted by Gasteiger charge is 1.94. The molecule has 3 aromatic carbocycles. The topological polar surface area (TPSA) is 23.5 Å². The predicted octanol–water partition coefficient (Wildman–Crippen LogP) is 3.77. The van der Waals surface area contributed by atoms with Crippen LogP contribution in [0.5, 0.6) is 5.75 Å². The van der Waals surface area contributed by atoms with E-state index in [2.05, 4.69) is 65.6 Å². The Morgan fingerprint density at radius 2 is 1.17 bits per heavy atom. The number of nitrogens with zero attached hydrogens (tertiary/aromatic N) is 1. The molecule has 0 radical (unpaired) electrons. The third-order valence-corrected chi connectivity index (χ3v) is 4.52. The van der Waals surface area contributed by atoms with E-state index in [4.69, 9.17) is 5.11 Å². The molecule has 0 aromatic heterocycles. The normalized spacial score (nSPS) is 10.1. The standard InChI is InChI=1S/C12H11P.C9H13NO/c1-3-7-11(8-4-1)13-12-9-5-2-6-10-12;1-10(2)7-8-3-5-9(11)6-4-8/h1-10,13H;3-6,11H,7H2,1-2H3. The number of hydrogen-bond acceptors (Lipinski definition) is 2. The largest absolute Gasteiger partial charge is 0.508 e. The van der Waals surface area contributed by atoms with Gasteiger partial charge in [-0.15, -0.1) is 0 Å². The Morgan fingerprint density at radius 3 is 1.58 bits per heavy atom. The minimum atomic E-state index is 0.326. The van der Waals surface area contributed by atoms with Crippen LogP contribution in [0.25, 0.3) is 0 Å². The maximum Gasteiger partial charge on any atom is 0.115 e. The lowest BCUT2D eigenvalue weighted by Gasteiger charge is -2.08. The van der Waals surface area contributed by atoms with E-state index in [0.29, 0.717) is 5.75 Å². The SMILES string of the molecule is CN(C)Cc1ccc(O)cc1.c1ccc(Pc2ccccc2)cc1. The molecule has 0 aliphatic rings. The second-order valence-electron chi connectivity index (χ2n) is 5.76. The van der Waals surface area contributed by atoms with Crippen LogP contribution in [-0.2, 0) is 6.54 Å². The molecule has 0 atom stereocenters. The molecule has 1 N–H and O–H groups in total. The number of rotatable bonds is 4. The summed E-state index contributed by atoms with van der Waals surface area (Å²) in [5, 5.41) is 11.8. The van der Waals surface area contributed by atoms with Gasteiger partial charge in [0.2, 0.25) is 0 Å². The van der Waals surface area contributed by atoms with Crippen LogP contribution >= 0.6 is 8.58 Å². The van der Waals surface area contributed by atoms with Crippen molar-refractivity contribution in [2.24, 2.45) is 0 Å². The van der Waals surface area contributed by atoms with Crippen molar-refractivity contribution in [1.29, 1.82) is 0 Å². The molecule has 0 fully saturated rings. The van der Waals surface area contributed by atoms with Crippen molar-refractivity contribution in [2.75, 3.05) is 14.1 Å². The molecular formula is C21H24NOP. The minimum Gasteiger partial charge on any atom is -0.508 e. The summed E-state index contributed by atoms with van der Waals surface area (Å²) in [7, 11) is 4.82. The fourth-order valence-corrected chi connectivity index (χ4v) is 3.23. The Kier molecular flexibility index (Phi) is 7.48. The van der Waals surface area contributed by atoms with Gasteiger partial charge in [0.1, 0.15) is 5.75 Å². The molecule has 3 rings (SSSR count). The molecule has 2 nitrogen and oxygen atoms in total. The molecular weight excluding hydrogens is 313 g/mol. The summed E-state index contributed by atoms with van der Waals surface area (Å²) >= 11 is 0. The van der Waals surface area contributed by atoms with Crippen molar-refractivity contribution < 1.29 is 5.11 Å². The lowest BCUT2D eigenvalue weighted by atomic mass is 10.2. The van der Waals surface area contributed by atoms with E-state index < -0.39 is 0 Å². The van der Waals surface area contributed by atoms with Gasteiger partial charge in [0.25, 0.3) is 0 Å². The van der Waals surface area contributed by atoms with Crippen molar-refractivity contribution >= 4 is 19.2 Å². The summed E-state index contributed by atoms with van der Waals surface area (Å²) in [6.45, 7) is 0.917. The van der Waals surface area contributed by atoms with Crippen LogP contribution in [0.15, 0.2) is 84.9 Å². The van der Waals surface area contributed by atoms with Gasteiger partial charge in [-0.1, -0.05) is 81.4 Å². The minimum absolute atomic E-state index is 0.326. The number of benzene rings is 3. The Labute approximate surface area is 146 Å². The van der Waals surface area contributed by atoms with Crippen molar-refractivity contribution in [3.63, 3.8) is 0 Å². The fraction of sp³-hybridized carbons (Fsp3) is 0.143. The second-order valence-corrected chi connectivity index (χ2v) is 7.17. The summed E-state index contributed by atoms with van der Waals surface area (Å²) in [5.74, 6) is 0.326. The lowest BCUT2D eigenvalue weighted by Crippen LogP contribution is -2.10. The predicted molar refractivity (Wildman–Crippen MR) is 106 cm³/mol. The molecule has 0 bridgehead atoms. The third kappa shape index (κ3) is 6.95. The van der Waals surface area contributed by atoms with Gasteiger partial charge in [0.05, 0.1) is 0 Å². The lowest BCUT2D eigenvalue weighted by molar-refractivity contribution is 0.402. The number of hydrogen-bond donors (Lipinski definition) is 1. The van der Waals surface area contributed by atoms with Gasteiger partial charge in [-0.2, -0.15) is 0 Å². The molecule has 0 unspecified atom stereocenters. The molecule has 0 spiro atoms. The zero-order valence-electron chi connectivity index (χ0n) is 14.2. The summed E-state index contributed by atoms with van der Waals surface area (Å²) in [6, 6.07) is 28.4. The smallest absolute Gasteiger partial charge is 0.115 e. The van der Waals surface area contributed by atoms with Crippen molar-refractivity contribution in [1.82, 2.24) is 4.90 Å². The maximum atomic E-state index is 8.98. The molecule has 0 aliphatic heterocycles. The number of aromatic hydroxyl groups is 1. The molecule has 3 aromatic rings. The zero-order valence-corrected chi connectivity index (χ0v) is 15.2. The van der Waals surface area contributed by atoms with E-state index in [1.807, 2.05) is 26.2 Å². The highest BCUT2D eigenvalue weighted by atomic mass is 31.1. The van der Waals surface area contributed by atoms with Crippen LogP contribution in [0, 0.1) is 0 Å². The summed E-state index contributed by atoms with van der Waals surface area (Å²) in [4.78, 5) is 2.09. The number of phenols is 1. The first-order chi connectivity index (χ1) is 11.6. The van der Waals surface area contributed by atoms with Crippen molar-refractivity contribution in [3.05, 3.63) is 90.5 Å². The quantitative estimate of drug-likeness (QED) is 0.733. The third-order valence-electron chi connectivity index (χ3n) is 3.27. The Morgan fingerprint density at radius 1 is 0.708 bits per heavy atom. The molecule has 124 valence electrons. The van der Waals surface area contributed by atoms with Gasteiger partial charge in [-0.05, 0) is 42.4 Å². The van der Waals surface area contributed by atoms with Crippen LogP contribution < -0.4 is 10.6 Å². The summed E-state index contributed by atoms with van der Waals surface area (Å²) < 4.78 is 0. The van der Waals surface area contributed by atoms with Gasteiger partial charge in [0.15, 0.2) is 0 Å². The average molecular weight is 337 g/mol. The van der Waals surface area contributed by atoms with Crippen LogP contribution in [-0.4, -0.2) is 24.1 Å². The van der Waals surface area contributed by atoms with Crippen LogP contribution in [0.3, 0.4) is 0 Å². The zero-order chi connectivity index (χ0) is 17.2. The van der Waals surface area contributed by atoms with E-state index in [1.165, 1.54) is 16.2 Å². The summed E-state index contributed by atoms with van der Waals surface area (Å²) in [5.41, 5.74) is 1.22. The Balaban J connectivity index is 0.000000177. The highest BCUT2D eigenvalue weighted by molar-refractivity contribution is 7.55. The van der Waals surface area contributed by atoms with E-state index in [9.17, 15) is 0 Å². The maximum absolute atomic E-state index is 8.98. The van der Waals surface area contributed by atoms with Crippen LogP contribution in [0.2, 0.25) is 0 Å². The molecule has 0 heterocycles. The first-order valence-corrected chi connectivity index (χ1v) is 8.93. The molecule has 3 heteroatoms. The molecule has 0 amide bonds. The molecule has 0 saturated carbocycles. The van der Waals surface area contributed by atoms with Crippen LogP contribution in [0.4, 0.5) is 0 Å². The molecule has 24 heavy (non-hydrogen) atoms. The molecule has 0 saturated heterocycles. The number of phenolic OH excluding ortho intramolecular Hbond substituents is 1. The average Bonchev–Trinajstić information content (AvgIpc) is 2.59. The van der Waals surface area contributed by atoms with Gasteiger partial charge >= 0.3 is 0 Å². The van der Waals surface area contributed by atoms with Crippen LogP contribution in [0.1, 0.15) is 5.56 Å². The monoisotopic (exact) mass is 337 g/mol. The highest BCUT2D eigenvalue weighted by Crippen LogP contribution is 2.10. The van der Waals surface area contributed by atoms with E-state index >= 15 is 0 Å². The van der Waals surface area contributed by atoms with Crippen molar-refractivity contribution in [3.8, 4) is 5.75 Å². The second kappa shape index (κ2) is 9.87. The Hall–Kier alpha value is -2.15. The summed E-state index contributed by atoms with van der Waals surface area (Å²) in [6.07, 6.45) is 0.